The normalized spacial score (nSPS) is 12.1. The third-order valence-corrected chi connectivity index (χ3v) is 4.83. The van der Waals surface area contributed by atoms with Crippen LogP contribution < -0.4 is 15.5 Å². The fraction of sp³-hybridized carbons (Fsp3) is 0.130. The molecule has 1 unspecified atom stereocenters. The van der Waals surface area contributed by atoms with Gasteiger partial charge in [0.25, 0.3) is 5.91 Å². The molecule has 0 fully saturated rings. The second-order valence-electron chi connectivity index (χ2n) is 6.62. The Hall–Kier alpha value is -3.64. The molecule has 0 saturated heterocycles. The van der Waals surface area contributed by atoms with Crippen molar-refractivity contribution in [1.29, 1.82) is 0 Å². The molecule has 29 heavy (non-hydrogen) atoms. The highest BCUT2D eigenvalue weighted by Crippen LogP contribution is 2.23. The van der Waals surface area contributed by atoms with E-state index in [0.29, 0.717) is 33.3 Å². The number of fused-ring (bicyclic) bond motifs is 2. The number of carbonyl (C=O) groups excluding carboxylic acids is 1. The molecule has 0 aliphatic rings. The van der Waals surface area contributed by atoms with E-state index in [9.17, 15) is 14.7 Å². The van der Waals surface area contributed by atoms with E-state index in [4.69, 9.17) is 9.15 Å². The monoisotopic (exact) mass is 389 g/mol. The van der Waals surface area contributed by atoms with Crippen LogP contribution in [-0.2, 0) is 0 Å². The van der Waals surface area contributed by atoms with Gasteiger partial charge in [-0.15, -0.1) is 0 Å². The zero-order valence-corrected chi connectivity index (χ0v) is 15.7. The molecule has 4 aromatic rings. The summed E-state index contributed by atoms with van der Waals surface area (Å²) in [5, 5.41) is 13.2. The summed E-state index contributed by atoms with van der Waals surface area (Å²) < 4.78 is 11.0. The Morgan fingerprint density at radius 3 is 2.55 bits per heavy atom. The number of ether oxygens (including phenoxy) is 1. The summed E-state index contributed by atoms with van der Waals surface area (Å²) in [5.74, 6) is 0.205. The molecule has 0 spiro atoms. The van der Waals surface area contributed by atoms with Gasteiger partial charge in [-0.3, -0.25) is 9.59 Å². The minimum absolute atomic E-state index is 0.222. The first-order chi connectivity index (χ1) is 14.1. The molecule has 0 aliphatic heterocycles. The molecule has 6 heteroatoms. The van der Waals surface area contributed by atoms with Crippen LogP contribution in [0.4, 0.5) is 0 Å². The van der Waals surface area contributed by atoms with Crippen molar-refractivity contribution in [2.24, 2.45) is 0 Å². The predicted molar refractivity (Wildman–Crippen MR) is 110 cm³/mol. The van der Waals surface area contributed by atoms with Crippen LogP contribution in [0.15, 0.2) is 75.9 Å². The van der Waals surface area contributed by atoms with E-state index in [-0.39, 0.29) is 17.9 Å². The molecule has 3 aromatic carbocycles. The molecule has 4 rings (SSSR count). The zero-order chi connectivity index (χ0) is 20.4. The topological polar surface area (TPSA) is 88.8 Å². The number of rotatable bonds is 5. The van der Waals surface area contributed by atoms with Crippen molar-refractivity contribution in [2.75, 3.05) is 13.7 Å². The summed E-state index contributed by atoms with van der Waals surface area (Å²) in [6.07, 6.45) is 0. The van der Waals surface area contributed by atoms with E-state index in [0.717, 1.165) is 5.56 Å². The third kappa shape index (κ3) is 3.58. The van der Waals surface area contributed by atoms with E-state index in [1.54, 1.807) is 37.4 Å². The number of nitrogens with one attached hydrogen (secondary N) is 1. The second kappa shape index (κ2) is 7.77. The number of hydrogen-bond donors (Lipinski definition) is 2. The Morgan fingerprint density at radius 1 is 1.03 bits per heavy atom. The van der Waals surface area contributed by atoms with Crippen LogP contribution >= 0.6 is 0 Å². The molecule has 1 atom stereocenters. The number of aliphatic hydroxyl groups is 1. The fourth-order valence-electron chi connectivity index (χ4n) is 3.26. The molecule has 2 N–H and O–H groups in total. The van der Waals surface area contributed by atoms with Crippen molar-refractivity contribution in [3.05, 3.63) is 88.1 Å². The van der Waals surface area contributed by atoms with Crippen molar-refractivity contribution >= 4 is 27.8 Å². The van der Waals surface area contributed by atoms with Crippen LogP contribution in [-0.4, -0.2) is 24.7 Å². The fourth-order valence-corrected chi connectivity index (χ4v) is 3.26. The lowest BCUT2D eigenvalue weighted by Gasteiger charge is -2.17. The van der Waals surface area contributed by atoms with Gasteiger partial charge >= 0.3 is 0 Å². The SMILES string of the molecule is COc1ccc2c(=O)c3cc(C(=O)NC(CO)c4ccccc4)ccc3oc2c1. The standard InChI is InChI=1S/C23H19NO5/c1-28-16-8-9-17-21(12-16)29-20-10-7-15(11-18(20)22(17)26)23(27)24-19(13-25)14-5-3-2-4-6-14/h2-12,19,25H,13H2,1H3,(H,24,27). The van der Waals surface area contributed by atoms with Crippen LogP contribution in [0.3, 0.4) is 0 Å². The van der Waals surface area contributed by atoms with Crippen molar-refractivity contribution in [3.63, 3.8) is 0 Å². The molecule has 0 saturated carbocycles. The zero-order valence-electron chi connectivity index (χ0n) is 15.7. The Morgan fingerprint density at radius 2 is 1.83 bits per heavy atom. The molecule has 0 bridgehead atoms. The maximum atomic E-state index is 12.9. The number of benzene rings is 3. The van der Waals surface area contributed by atoms with Gasteiger partial charge in [0.1, 0.15) is 16.9 Å². The predicted octanol–water partition coefficient (Wildman–Crippen LogP) is 3.42. The van der Waals surface area contributed by atoms with E-state index < -0.39 is 6.04 Å². The molecule has 1 aromatic heterocycles. The van der Waals surface area contributed by atoms with E-state index in [1.165, 1.54) is 6.07 Å². The van der Waals surface area contributed by atoms with E-state index >= 15 is 0 Å². The van der Waals surface area contributed by atoms with Gasteiger partial charge in [0.15, 0.2) is 0 Å². The molecule has 6 nitrogen and oxygen atoms in total. The number of carbonyl (C=O) groups is 1. The van der Waals surface area contributed by atoms with Crippen LogP contribution in [0, 0.1) is 0 Å². The van der Waals surface area contributed by atoms with E-state index in [1.807, 2.05) is 30.3 Å². The molecule has 0 radical (unpaired) electrons. The average Bonchev–Trinajstić information content (AvgIpc) is 2.77. The van der Waals surface area contributed by atoms with Crippen LogP contribution in [0.25, 0.3) is 21.9 Å². The minimum atomic E-state index is -0.542. The van der Waals surface area contributed by atoms with Gasteiger partial charge in [0, 0.05) is 11.6 Å². The number of methoxy groups -OCH3 is 1. The molecule has 146 valence electrons. The lowest BCUT2D eigenvalue weighted by atomic mass is 10.1. The minimum Gasteiger partial charge on any atom is -0.497 e. The van der Waals surface area contributed by atoms with Gasteiger partial charge < -0.3 is 19.6 Å². The highest BCUT2D eigenvalue weighted by Gasteiger charge is 2.17. The average molecular weight is 389 g/mol. The quantitative estimate of drug-likeness (QED) is 0.511. The number of hydrogen-bond acceptors (Lipinski definition) is 5. The van der Waals surface area contributed by atoms with Gasteiger partial charge in [-0.25, -0.2) is 0 Å². The Kier molecular flexibility index (Phi) is 5.01. The van der Waals surface area contributed by atoms with Gasteiger partial charge in [-0.1, -0.05) is 30.3 Å². The van der Waals surface area contributed by atoms with Crippen LogP contribution in [0.5, 0.6) is 5.75 Å². The summed E-state index contributed by atoms with van der Waals surface area (Å²) in [5.41, 5.74) is 1.69. The Labute approximate surface area is 166 Å². The Balaban J connectivity index is 1.71. The van der Waals surface area contributed by atoms with Crippen molar-refractivity contribution < 1.29 is 19.1 Å². The first-order valence-electron chi connectivity index (χ1n) is 9.12. The summed E-state index contributed by atoms with van der Waals surface area (Å²) in [7, 11) is 1.54. The second-order valence-corrected chi connectivity index (χ2v) is 6.62. The van der Waals surface area contributed by atoms with Gasteiger partial charge in [-0.2, -0.15) is 0 Å². The van der Waals surface area contributed by atoms with Crippen molar-refractivity contribution in [1.82, 2.24) is 5.32 Å². The van der Waals surface area contributed by atoms with Crippen molar-refractivity contribution in [3.8, 4) is 5.75 Å². The smallest absolute Gasteiger partial charge is 0.251 e. The van der Waals surface area contributed by atoms with Crippen LogP contribution in [0.2, 0.25) is 0 Å². The highest BCUT2D eigenvalue weighted by atomic mass is 16.5. The maximum absolute atomic E-state index is 12.9. The molecule has 0 aliphatic carbocycles. The summed E-state index contributed by atoms with van der Waals surface area (Å²) in [6, 6.07) is 18.3. The van der Waals surface area contributed by atoms with E-state index in [2.05, 4.69) is 5.32 Å². The lowest BCUT2D eigenvalue weighted by Crippen LogP contribution is -2.30. The summed E-state index contributed by atoms with van der Waals surface area (Å²) in [4.78, 5) is 25.6. The lowest BCUT2D eigenvalue weighted by molar-refractivity contribution is 0.0916. The molecular formula is C23H19NO5. The first-order valence-corrected chi connectivity index (χ1v) is 9.12. The molecular weight excluding hydrogens is 370 g/mol. The highest BCUT2D eigenvalue weighted by molar-refractivity contribution is 5.99. The number of aliphatic hydroxyl groups excluding tert-OH is 1. The summed E-state index contributed by atoms with van der Waals surface area (Å²) in [6.45, 7) is -0.238. The summed E-state index contributed by atoms with van der Waals surface area (Å²) >= 11 is 0. The van der Waals surface area contributed by atoms with Crippen LogP contribution in [0.1, 0.15) is 22.0 Å². The van der Waals surface area contributed by atoms with Gasteiger partial charge in [0.05, 0.1) is 30.5 Å². The number of amides is 1. The molecule has 1 heterocycles. The first kappa shape index (κ1) is 18.7. The largest absolute Gasteiger partial charge is 0.497 e. The maximum Gasteiger partial charge on any atom is 0.251 e. The Bertz CT molecular complexity index is 1250. The molecule has 1 amide bonds. The van der Waals surface area contributed by atoms with Gasteiger partial charge in [0.2, 0.25) is 5.43 Å². The third-order valence-electron chi connectivity index (χ3n) is 4.83. The van der Waals surface area contributed by atoms with Crippen molar-refractivity contribution in [2.45, 2.75) is 6.04 Å². The van der Waals surface area contributed by atoms with Gasteiger partial charge in [-0.05, 0) is 35.9 Å².